The number of hydrogen-bond donors (Lipinski definition) is 0. The third-order valence-electron chi connectivity index (χ3n) is 1.22. The number of rotatable bonds is 1. The van der Waals surface area contributed by atoms with E-state index in [4.69, 9.17) is 6.42 Å². The standard InChI is InChI=1S/C7H11/c1-5-7(3,4)6-2/h5H2,1,3-4H3. The highest BCUT2D eigenvalue weighted by Gasteiger charge is 2.08. The molecule has 0 bridgehead atoms. The lowest BCUT2D eigenvalue weighted by molar-refractivity contribution is 0.484. The van der Waals surface area contributed by atoms with Crippen LogP contribution in [0.1, 0.15) is 27.2 Å². The monoisotopic (exact) mass is 95.1 g/mol. The SMILES string of the molecule is [C]#CC(C)(C)CC. The first-order valence-corrected chi connectivity index (χ1v) is 2.56. The van der Waals surface area contributed by atoms with Crippen molar-refractivity contribution >= 4 is 0 Å². The summed E-state index contributed by atoms with van der Waals surface area (Å²) in [6.07, 6.45) is 7.75. The van der Waals surface area contributed by atoms with Crippen molar-refractivity contribution in [1.29, 1.82) is 0 Å². The maximum absolute atomic E-state index is 6.76. The van der Waals surface area contributed by atoms with Crippen LogP contribution in [0.5, 0.6) is 0 Å². The summed E-state index contributed by atoms with van der Waals surface area (Å²) in [7, 11) is 0. The van der Waals surface area contributed by atoms with Crippen molar-refractivity contribution in [2.75, 3.05) is 0 Å². The van der Waals surface area contributed by atoms with Gasteiger partial charge in [0, 0.05) is 5.41 Å². The zero-order valence-corrected chi connectivity index (χ0v) is 5.21. The van der Waals surface area contributed by atoms with E-state index in [0.29, 0.717) is 0 Å². The summed E-state index contributed by atoms with van der Waals surface area (Å²) in [5.41, 5.74) is 0. The minimum atomic E-state index is 0. The molecule has 0 unspecified atom stereocenters. The van der Waals surface area contributed by atoms with Crippen LogP contribution in [-0.4, -0.2) is 0 Å². The summed E-state index contributed by atoms with van der Waals surface area (Å²) in [5.74, 6) is 2.44. The predicted octanol–water partition coefficient (Wildman–Crippen LogP) is 2.01. The summed E-state index contributed by atoms with van der Waals surface area (Å²) in [4.78, 5) is 0. The molecule has 0 aromatic rings. The van der Waals surface area contributed by atoms with Gasteiger partial charge in [-0.1, -0.05) is 12.8 Å². The van der Waals surface area contributed by atoms with E-state index in [1.54, 1.807) is 0 Å². The summed E-state index contributed by atoms with van der Waals surface area (Å²) in [5, 5.41) is 0. The maximum Gasteiger partial charge on any atom is 0.0266 e. The zero-order chi connectivity index (χ0) is 5.91. The average Bonchev–Trinajstić information content (AvgIpc) is 1.68. The molecule has 0 aromatic heterocycles. The Morgan fingerprint density at radius 3 is 2.00 bits per heavy atom. The van der Waals surface area contributed by atoms with E-state index in [9.17, 15) is 0 Å². The van der Waals surface area contributed by atoms with Crippen molar-refractivity contribution in [2.24, 2.45) is 5.41 Å². The van der Waals surface area contributed by atoms with Crippen LogP contribution in [0.25, 0.3) is 0 Å². The fourth-order valence-electron chi connectivity index (χ4n) is 0.0884. The molecule has 0 aromatic carbocycles. The molecule has 0 aliphatic rings. The highest BCUT2D eigenvalue weighted by atomic mass is 14.1. The molecule has 39 valence electrons. The van der Waals surface area contributed by atoms with Crippen LogP contribution in [0.3, 0.4) is 0 Å². The highest BCUT2D eigenvalue weighted by molar-refractivity contribution is 4.93. The first kappa shape index (κ1) is 6.56. The molecule has 0 saturated carbocycles. The topological polar surface area (TPSA) is 0 Å². The van der Waals surface area contributed by atoms with Crippen molar-refractivity contribution in [3.8, 4) is 5.92 Å². The van der Waals surface area contributed by atoms with Crippen LogP contribution in [-0.2, 0) is 0 Å². The fraction of sp³-hybridized carbons (Fsp3) is 0.714. The van der Waals surface area contributed by atoms with Gasteiger partial charge < -0.3 is 0 Å². The van der Waals surface area contributed by atoms with E-state index in [1.807, 2.05) is 13.8 Å². The Morgan fingerprint density at radius 1 is 1.57 bits per heavy atom. The normalized spacial score (nSPS) is 10.6. The van der Waals surface area contributed by atoms with Gasteiger partial charge in [-0.2, -0.15) is 0 Å². The Kier molecular flexibility index (Phi) is 1.90. The molecule has 0 saturated heterocycles. The van der Waals surface area contributed by atoms with Gasteiger partial charge in [-0.15, -0.1) is 0 Å². The fourth-order valence-corrected chi connectivity index (χ4v) is 0.0884. The second-order valence-electron chi connectivity index (χ2n) is 2.36. The van der Waals surface area contributed by atoms with E-state index in [0.717, 1.165) is 6.42 Å². The molecule has 0 spiro atoms. The van der Waals surface area contributed by atoms with Gasteiger partial charge in [-0.05, 0) is 26.7 Å². The lowest BCUT2D eigenvalue weighted by Crippen LogP contribution is -2.03. The van der Waals surface area contributed by atoms with Crippen molar-refractivity contribution < 1.29 is 0 Å². The second-order valence-corrected chi connectivity index (χ2v) is 2.36. The van der Waals surface area contributed by atoms with Crippen molar-refractivity contribution in [1.82, 2.24) is 0 Å². The largest absolute Gasteiger partial charge is 0.0829 e. The van der Waals surface area contributed by atoms with Crippen molar-refractivity contribution in [3.63, 3.8) is 0 Å². The number of hydrogen-bond acceptors (Lipinski definition) is 0. The van der Waals surface area contributed by atoms with Crippen LogP contribution >= 0.6 is 0 Å². The Balaban J connectivity index is 3.66. The molecular weight excluding hydrogens is 84.1 g/mol. The van der Waals surface area contributed by atoms with Crippen LogP contribution in [0, 0.1) is 17.8 Å². The molecule has 0 aliphatic carbocycles. The second kappa shape index (κ2) is 2.02. The molecular formula is C7H11. The third kappa shape index (κ3) is 2.28. The minimum absolute atomic E-state index is 0. The van der Waals surface area contributed by atoms with Gasteiger partial charge in [0.25, 0.3) is 0 Å². The first-order chi connectivity index (χ1) is 3.12. The molecule has 0 nitrogen and oxygen atoms in total. The Labute approximate surface area is 45.9 Å². The van der Waals surface area contributed by atoms with Gasteiger partial charge in [0.2, 0.25) is 0 Å². The van der Waals surface area contributed by atoms with Crippen LogP contribution in [0.2, 0.25) is 0 Å². The van der Waals surface area contributed by atoms with Crippen LogP contribution in [0.15, 0.2) is 0 Å². The zero-order valence-electron chi connectivity index (χ0n) is 5.21. The van der Waals surface area contributed by atoms with Crippen LogP contribution in [0.4, 0.5) is 0 Å². The van der Waals surface area contributed by atoms with Gasteiger partial charge in [0.1, 0.15) is 0 Å². The smallest absolute Gasteiger partial charge is 0.0266 e. The molecule has 0 heterocycles. The summed E-state index contributed by atoms with van der Waals surface area (Å²) in [6.45, 7) is 6.06. The summed E-state index contributed by atoms with van der Waals surface area (Å²) in [6, 6.07) is 0. The molecule has 0 atom stereocenters. The van der Waals surface area contributed by atoms with Crippen molar-refractivity contribution in [2.45, 2.75) is 27.2 Å². The Morgan fingerprint density at radius 2 is 2.00 bits per heavy atom. The molecule has 0 rings (SSSR count). The highest BCUT2D eigenvalue weighted by Crippen LogP contribution is 2.16. The van der Waals surface area contributed by atoms with Crippen molar-refractivity contribution in [3.05, 3.63) is 6.42 Å². The van der Waals surface area contributed by atoms with Gasteiger partial charge in [0.15, 0.2) is 0 Å². The van der Waals surface area contributed by atoms with Gasteiger partial charge in [-0.3, -0.25) is 0 Å². The van der Waals surface area contributed by atoms with E-state index < -0.39 is 0 Å². The minimum Gasteiger partial charge on any atom is -0.0829 e. The first-order valence-electron chi connectivity index (χ1n) is 2.56. The molecule has 0 fully saturated rings. The maximum atomic E-state index is 6.76. The van der Waals surface area contributed by atoms with E-state index in [1.165, 1.54) is 0 Å². The summed E-state index contributed by atoms with van der Waals surface area (Å²) < 4.78 is 0. The van der Waals surface area contributed by atoms with E-state index in [2.05, 4.69) is 12.8 Å². The molecule has 0 aliphatic heterocycles. The average molecular weight is 95.2 g/mol. The van der Waals surface area contributed by atoms with Gasteiger partial charge in [-0.25, -0.2) is 0 Å². The summed E-state index contributed by atoms with van der Waals surface area (Å²) >= 11 is 0. The molecule has 1 radical (unpaired) electrons. The Bertz CT molecular complexity index is 82.7. The quantitative estimate of drug-likeness (QED) is 0.437. The van der Waals surface area contributed by atoms with Gasteiger partial charge >= 0.3 is 0 Å². The molecule has 7 heavy (non-hydrogen) atoms. The third-order valence-corrected chi connectivity index (χ3v) is 1.22. The predicted molar refractivity (Wildman–Crippen MR) is 31.2 cm³/mol. The Hall–Kier alpha value is -0.440. The molecule has 0 heteroatoms. The molecule has 0 N–H and O–H groups in total. The van der Waals surface area contributed by atoms with Gasteiger partial charge in [0.05, 0.1) is 0 Å². The van der Waals surface area contributed by atoms with E-state index >= 15 is 0 Å². The molecule has 0 amide bonds. The lowest BCUT2D eigenvalue weighted by atomic mass is 9.92. The lowest BCUT2D eigenvalue weighted by Gasteiger charge is -2.11. The van der Waals surface area contributed by atoms with E-state index in [-0.39, 0.29) is 5.41 Å². The van der Waals surface area contributed by atoms with Crippen LogP contribution < -0.4 is 0 Å².